The van der Waals surface area contributed by atoms with E-state index in [-0.39, 0.29) is 36.5 Å². The maximum absolute atomic E-state index is 12.3. The van der Waals surface area contributed by atoms with E-state index in [2.05, 4.69) is 32.5 Å². The zero-order chi connectivity index (χ0) is 23.2. The third kappa shape index (κ3) is 6.43. The molecule has 1 aromatic heterocycles. The second kappa shape index (κ2) is 10.6. The van der Waals surface area contributed by atoms with Gasteiger partial charge in [-0.1, -0.05) is 18.2 Å². The van der Waals surface area contributed by atoms with Crippen LogP contribution in [0.15, 0.2) is 43.2 Å². The molecule has 0 radical (unpaired) electrons. The smallest absolute Gasteiger partial charge is 0.251 e. The van der Waals surface area contributed by atoms with Crippen LogP contribution in [-0.2, 0) is 16.1 Å². The van der Waals surface area contributed by atoms with Gasteiger partial charge in [-0.3, -0.25) is 9.59 Å². The number of carbonyl (C=O) groups is 2. The van der Waals surface area contributed by atoms with E-state index in [1.54, 1.807) is 30.6 Å². The molecule has 2 fully saturated rings. The Balaban J connectivity index is 1.33. The van der Waals surface area contributed by atoms with Crippen molar-refractivity contribution in [3.63, 3.8) is 0 Å². The van der Waals surface area contributed by atoms with Crippen molar-refractivity contribution in [2.45, 2.75) is 44.0 Å². The molecule has 2 aliphatic rings. The van der Waals surface area contributed by atoms with Crippen molar-refractivity contribution in [3.8, 4) is 5.75 Å². The van der Waals surface area contributed by atoms with Gasteiger partial charge in [0.05, 0.1) is 31.1 Å². The highest BCUT2D eigenvalue weighted by Gasteiger charge is 2.27. The minimum absolute atomic E-state index is 0.108. The third-order valence-corrected chi connectivity index (χ3v) is 5.80. The van der Waals surface area contributed by atoms with Gasteiger partial charge in [-0.15, -0.1) is 0 Å². The number of hydrogen-bond donors (Lipinski definition) is 3. The highest BCUT2D eigenvalue weighted by molar-refractivity contribution is 6.31. The lowest BCUT2D eigenvalue weighted by Crippen LogP contribution is -2.52. The van der Waals surface area contributed by atoms with Crippen molar-refractivity contribution >= 4 is 29.4 Å². The Kier molecular flexibility index (Phi) is 7.41. The highest BCUT2D eigenvalue weighted by Crippen LogP contribution is 2.23. The summed E-state index contributed by atoms with van der Waals surface area (Å²) in [6.45, 7) is 4.65. The van der Waals surface area contributed by atoms with E-state index < -0.39 is 0 Å². The van der Waals surface area contributed by atoms with E-state index in [1.165, 1.54) is 6.08 Å². The van der Waals surface area contributed by atoms with E-state index in [0.717, 1.165) is 12.8 Å². The van der Waals surface area contributed by atoms with Crippen LogP contribution in [0, 0.1) is 0 Å². The number of aromatic nitrogens is 2. The molecule has 2 amide bonds. The Bertz CT molecular complexity index is 1010. The van der Waals surface area contributed by atoms with E-state index in [9.17, 15) is 9.59 Å². The second-order valence-electron chi connectivity index (χ2n) is 8.02. The normalized spacial score (nSPS) is 19.9. The lowest BCUT2D eigenvalue weighted by Gasteiger charge is -2.32. The molecule has 2 atom stereocenters. The molecule has 2 aromatic rings. The number of nitrogens with zero attached hydrogens (tertiary/aromatic N) is 2. The first-order valence-corrected chi connectivity index (χ1v) is 11.2. The number of nitrogens with one attached hydrogen (secondary N) is 3. The predicted molar refractivity (Wildman–Crippen MR) is 123 cm³/mol. The second-order valence-corrected chi connectivity index (χ2v) is 8.43. The number of benzene rings is 1. The number of anilines is 1. The van der Waals surface area contributed by atoms with Gasteiger partial charge in [0.15, 0.2) is 5.75 Å². The van der Waals surface area contributed by atoms with Crippen LogP contribution in [0.2, 0.25) is 5.02 Å². The fourth-order valence-corrected chi connectivity index (χ4v) is 3.58. The maximum atomic E-state index is 12.3. The van der Waals surface area contributed by atoms with Gasteiger partial charge in [0.25, 0.3) is 5.91 Å². The van der Waals surface area contributed by atoms with Crippen LogP contribution in [0.1, 0.15) is 35.2 Å². The fourth-order valence-electron chi connectivity index (χ4n) is 3.41. The summed E-state index contributed by atoms with van der Waals surface area (Å²) < 4.78 is 11.3. The van der Waals surface area contributed by atoms with Crippen LogP contribution in [-0.4, -0.2) is 53.1 Å². The topological polar surface area (TPSA) is 114 Å². The Morgan fingerprint density at radius 1 is 1.18 bits per heavy atom. The molecular weight excluding hydrogens is 446 g/mol. The summed E-state index contributed by atoms with van der Waals surface area (Å²) in [7, 11) is 0. The Morgan fingerprint density at radius 2 is 1.97 bits per heavy atom. The first-order chi connectivity index (χ1) is 16.0. The number of amides is 2. The summed E-state index contributed by atoms with van der Waals surface area (Å²) in [6.07, 6.45) is 7.07. The molecule has 1 aliphatic carbocycles. The molecule has 4 rings (SSSR count). The van der Waals surface area contributed by atoms with Crippen molar-refractivity contribution in [3.05, 3.63) is 59.4 Å². The first kappa shape index (κ1) is 23.0. The molecule has 33 heavy (non-hydrogen) atoms. The lowest BCUT2D eigenvalue weighted by atomic mass is 10.0. The molecule has 10 heteroatoms. The van der Waals surface area contributed by atoms with Crippen molar-refractivity contribution in [1.82, 2.24) is 20.6 Å². The fraction of sp³-hybridized carbons (Fsp3) is 0.391. The molecule has 1 aliphatic heterocycles. The van der Waals surface area contributed by atoms with Crippen LogP contribution in [0.25, 0.3) is 0 Å². The molecule has 1 saturated heterocycles. The summed E-state index contributed by atoms with van der Waals surface area (Å²) in [6, 6.07) is 5.13. The van der Waals surface area contributed by atoms with E-state index in [4.69, 9.17) is 21.1 Å². The Hall–Kier alpha value is -3.17. The average Bonchev–Trinajstić information content (AvgIpc) is 3.64. The largest absolute Gasteiger partial charge is 0.486 e. The number of halogens is 1. The molecule has 0 bridgehead atoms. The standard InChI is InChI=1S/C23H26ClN5O4/c1-2-21(30)28-19-7-8-32-13-20(19)29-23-25-10-17(11-26-23)33-12-15-9-14(3-6-18(15)24)22(31)27-16-4-5-16/h2-3,6,9-11,16,19-20H,1,4-5,7-8,12-13H2,(H,27,31)(H,28,30)(H,25,26,29)/t19-,20+/m0/s1. The number of ether oxygens (including phenoxy) is 2. The predicted octanol–water partition coefficient (Wildman–Crippen LogP) is 2.47. The lowest BCUT2D eigenvalue weighted by molar-refractivity contribution is -0.117. The molecule has 0 spiro atoms. The number of carbonyl (C=O) groups excluding carboxylic acids is 2. The van der Waals surface area contributed by atoms with Crippen LogP contribution >= 0.6 is 11.6 Å². The Morgan fingerprint density at radius 3 is 2.70 bits per heavy atom. The van der Waals surface area contributed by atoms with Crippen molar-refractivity contribution < 1.29 is 19.1 Å². The zero-order valence-corrected chi connectivity index (χ0v) is 18.8. The SMILES string of the molecule is C=CC(=O)N[C@H]1CCOC[C@H]1Nc1ncc(OCc2cc(C(=O)NC3CC3)ccc2Cl)cn1. The monoisotopic (exact) mass is 471 g/mol. The van der Waals surface area contributed by atoms with Gasteiger partial charge in [0.2, 0.25) is 11.9 Å². The number of rotatable bonds is 9. The summed E-state index contributed by atoms with van der Waals surface area (Å²) in [4.78, 5) is 32.5. The van der Waals surface area contributed by atoms with E-state index >= 15 is 0 Å². The van der Waals surface area contributed by atoms with Gasteiger partial charge in [0.1, 0.15) is 6.61 Å². The molecular formula is C23H26ClN5O4. The summed E-state index contributed by atoms with van der Waals surface area (Å²) in [5.74, 6) is 0.517. The first-order valence-electron chi connectivity index (χ1n) is 10.8. The van der Waals surface area contributed by atoms with Gasteiger partial charge >= 0.3 is 0 Å². The third-order valence-electron chi connectivity index (χ3n) is 5.43. The van der Waals surface area contributed by atoms with Crippen molar-refractivity contribution in [1.29, 1.82) is 0 Å². The molecule has 0 unspecified atom stereocenters. The van der Waals surface area contributed by atoms with Crippen LogP contribution in [0.4, 0.5) is 5.95 Å². The summed E-state index contributed by atoms with van der Waals surface area (Å²) >= 11 is 6.28. The molecule has 9 nitrogen and oxygen atoms in total. The molecule has 1 saturated carbocycles. The minimum atomic E-state index is -0.230. The summed E-state index contributed by atoms with van der Waals surface area (Å²) in [5, 5.41) is 9.57. The zero-order valence-electron chi connectivity index (χ0n) is 18.1. The van der Waals surface area contributed by atoms with Gasteiger partial charge in [0, 0.05) is 28.8 Å². The molecule has 174 valence electrons. The van der Waals surface area contributed by atoms with Crippen molar-refractivity contribution in [2.75, 3.05) is 18.5 Å². The molecule has 3 N–H and O–H groups in total. The van der Waals surface area contributed by atoms with Gasteiger partial charge in [-0.2, -0.15) is 0 Å². The van der Waals surface area contributed by atoms with Crippen LogP contribution in [0.5, 0.6) is 5.75 Å². The number of hydrogen-bond acceptors (Lipinski definition) is 7. The molecule has 2 heterocycles. The van der Waals surface area contributed by atoms with Gasteiger partial charge < -0.3 is 25.4 Å². The Labute approximate surface area is 196 Å². The van der Waals surface area contributed by atoms with Gasteiger partial charge in [-0.05, 0) is 43.5 Å². The molecule has 1 aromatic carbocycles. The van der Waals surface area contributed by atoms with Crippen LogP contribution < -0.4 is 20.7 Å². The quantitative estimate of drug-likeness (QED) is 0.481. The highest BCUT2D eigenvalue weighted by atomic mass is 35.5. The minimum Gasteiger partial charge on any atom is -0.486 e. The van der Waals surface area contributed by atoms with Crippen molar-refractivity contribution in [2.24, 2.45) is 0 Å². The van der Waals surface area contributed by atoms with E-state index in [1.807, 2.05) is 0 Å². The summed E-state index contributed by atoms with van der Waals surface area (Å²) in [5.41, 5.74) is 1.25. The maximum Gasteiger partial charge on any atom is 0.251 e. The van der Waals surface area contributed by atoms with Crippen LogP contribution in [0.3, 0.4) is 0 Å². The van der Waals surface area contributed by atoms with Gasteiger partial charge in [-0.25, -0.2) is 9.97 Å². The average molecular weight is 472 g/mol. The van der Waals surface area contributed by atoms with E-state index in [0.29, 0.717) is 47.5 Å².